The van der Waals surface area contributed by atoms with Crippen molar-refractivity contribution in [3.05, 3.63) is 83.6 Å². The van der Waals surface area contributed by atoms with Gasteiger partial charge in [-0.2, -0.15) is 13.2 Å². The minimum atomic E-state index is -4.66. The monoisotopic (exact) mass is 447 g/mol. The average molecular weight is 448 g/mol. The van der Waals surface area contributed by atoms with Crippen LogP contribution in [0.4, 0.5) is 13.2 Å². The number of amides is 1. The minimum absolute atomic E-state index is 0.262. The van der Waals surface area contributed by atoms with Crippen molar-refractivity contribution in [1.82, 2.24) is 10.3 Å². The Morgan fingerprint density at radius 1 is 1.19 bits per heavy atom. The Hall–Kier alpha value is -3.13. The van der Waals surface area contributed by atoms with Gasteiger partial charge in [0.25, 0.3) is 0 Å². The molecule has 4 rings (SSSR count). The Balaban J connectivity index is 1.59. The van der Waals surface area contributed by atoms with Gasteiger partial charge in [-0.1, -0.05) is 6.07 Å². The van der Waals surface area contributed by atoms with E-state index >= 15 is 0 Å². The van der Waals surface area contributed by atoms with Crippen molar-refractivity contribution in [1.29, 1.82) is 0 Å². The summed E-state index contributed by atoms with van der Waals surface area (Å²) in [6, 6.07) is 5.80. The first-order chi connectivity index (χ1) is 14.8. The highest BCUT2D eigenvalue weighted by Crippen LogP contribution is 2.37. The summed E-state index contributed by atoms with van der Waals surface area (Å²) in [5.74, 6) is -0.541. The van der Waals surface area contributed by atoms with Crippen LogP contribution in [-0.4, -0.2) is 40.7 Å². The van der Waals surface area contributed by atoms with E-state index in [9.17, 15) is 18.0 Å². The summed E-state index contributed by atoms with van der Waals surface area (Å²) in [7, 11) is 0. The molecule has 0 saturated heterocycles. The molecule has 3 heterocycles. The summed E-state index contributed by atoms with van der Waals surface area (Å²) in [5, 5.41) is 1.78. The van der Waals surface area contributed by atoms with Gasteiger partial charge in [-0.15, -0.1) is 11.6 Å². The third kappa shape index (κ3) is 4.64. The molecule has 2 aromatic heterocycles. The second-order valence-corrected chi connectivity index (χ2v) is 7.51. The van der Waals surface area contributed by atoms with E-state index in [0.717, 1.165) is 11.8 Å². The number of halogens is 4. The molecule has 9 heteroatoms. The summed E-state index contributed by atoms with van der Waals surface area (Å²) < 4.78 is 46.3. The summed E-state index contributed by atoms with van der Waals surface area (Å²) >= 11 is 6.48. The van der Waals surface area contributed by atoms with Gasteiger partial charge in [0, 0.05) is 30.4 Å². The van der Waals surface area contributed by atoms with E-state index in [4.69, 9.17) is 16.0 Å². The van der Waals surface area contributed by atoms with Crippen LogP contribution in [-0.2, 0) is 11.2 Å². The van der Waals surface area contributed by atoms with E-state index in [1.807, 2.05) is 12.1 Å². The number of hydrogen-bond acceptors (Lipinski definition) is 4. The number of nitrogens with zero attached hydrogens (tertiary/aromatic N) is 2. The lowest BCUT2D eigenvalue weighted by Crippen LogP contribution is -2.42. The van der Waals surface area contributed by atoms with E-state index in [0.29, 0.717) is 17.6 Å². The maximum atomic E-state index is 13.8. The van der Waals surface area contributed by atoms with Gasteiger partial charge in [-0.25, -0.2) is 0 Å². The molecule has 0 spiro atoms. The Bertz CT molecular complexity index is 1090. The normalized spacial score (nSPS) is 20.8. The van der Waals surface area contributed by atoms with Crippen LogP contribution in [0.5, 0.6) is 0 Å². The predicted octanol–water partition coefficient (Wildman–Crippen LogP) is 4.28. The molecule has 1 N–H and O–H groups in total. The number of fused-ring (bicyclic) bond motifs is 1. The molecular weight excluding hydrogens is 431 g/mol. The van der Waals surface area contributed by atoms with Gasteiger partial charge in [0.1, 0.15) is 6.04 Å². The van der Waals surface area contributed by atoms with Crippen molar-refractivity contribution in [2.24, 2.45) is 4.99 Å². The van der Waals surface area contributed by atoms with Crippen molar-refractivity contribution in [3.8, 4) is 0 Å². The van der Waals surface area contributed by atoms with Gasteiger partial charge in [0.05, 0.1) is 29.2 Å². The Morgan fingerprint density at radius 2 is 2.03 bits per heavy atom. The smallest absolute Gasteiger partial charge is 0.418 e. The first-order valence-electron chi connectivity index (χ1n) is 9.47. The SMILES string of the molecule is O=C(NCCc1ccccn1)C1N=C2C=C(C=C(c3ccoc3)C=C2C(F)(F)F)C1Cl. The number of alkyl halides is 4. The zero-order chi connectivity index (χ0) is 22.0. The summed E-state index contributed by atoms with van der Waals surface area (Å²) in [6.45, 7) is 0.262. The molecule has 0 aromatic carbocycles. The summed E-state index contributed by atoms with van der Waals surface area (Å²) in [4.78, 5) is 21.0. The number of furan rings is 1. The van der Waals surface area contributed by atoms with E-state index < -0.39 is 29.1 Å². The lowest BCUT2D eigenvalue weighted by molar-refractivity contribution is -0.122. The van der Waals surface area contributed by atoms with Crippen LogP contribution in [0.3, 0.4) is 0 Å². The quantitative estimate of drug-likeness (QED) is 0.696. The Kier molecular flexibility index (Phi) is 5.82. The van der Waals surface area contributed by atoms with Crippen LogP contribution in [0.15, 0.2) is 81.8 Å². The van der Waals surface area contributed by atoms with Crippen LogP contribution in [0.1, 0.15) is 11.3 Å². The molecule has 2 aliphatic rings. The van der Waals surface area contributed by atoms with Gasteiger partial charge in [0.2, 0.25) is 5.91 Å². The topological polar surface area (TPSA) is 67.5 Å². The number of carbonyl (C=O) groups excluding carboxylic acids is 1. The molecule has 0 fully saturated rings. The number of rotatable bonds is 5. The molecule has 2 atom stereocenters. The third-order valence-corrected chi connectivity index (χ3v) is 5.40. The van der Waals surface area contributed by atoms with E-state index in [2.05, 4.69) is 15.3 Å². The Labute approximate surface area is 181 Å². The second-order valence-electron chi connectivity index (χ2n) is 7.03. The first-order valence-corrected chi connectivity index (χ1v) is 9.91. The first kappa shape index (κ1) is 21.1. The maximum Gasteiger partial charge on any atom is 0.418 e. The van der Waals surface area contributed by atoms with Crippen molar-refractivity contribution in [3.63, 3.8) is 0 Å². The molecule has 160 valence electrons. The number of pyridine rings is 1. The molecule has 2 aromatic rings. The number of hydrogen-bond donors (Lipinski definition) is 1. The largest absolute Gasteiger partial charge is 0.472 e. The molecule has 31 heavy (non-hydrogen) atoms. The predicted molar refractivity (Wildman–Crippen MR) is 111 cm³/mol. The summed E-state index contributed by atoms with van der Waals surface area (Å²) in [5.41, 5.74) is 0.647. The van der Waals surface area contributed by atoms with E-state index in [1.54, 1.807) is 18.3 Å². The zero-order valence-corrected chi connectivity index (χ0v) is 16.8. The summed E-state index contributed by atoms with van der Waals surface area (Å²) in [6.07, 6.45) is 3.99. The number of nitrogens with one attached hydrogen (secondary N) is 1. The molecule has 1 aliphatic heterocycles. The zero-order valence-electron chi connectivity index (χ0n) is 16.1. The van der Waals surface area contributed by atoms with Gasteiger partial charge in [-0.3, -0.25) is 14.8 Å². The second kappa shape index (κ2) is 8.55. The molecule has 1 amide bonds. The average Bonchev–Trinajstić information content (AvgIpc) is 3.21. The van der Waals surface area contributed by atoms with Gasteiger partial charge < -0.3 is 9.73 Å². The highest BCUT2D eigenvalue weighted by molar-refractivity contribution is 6.27. The fraction of sp³-hybridized carbons (Fsp3) is 0.227. The van der Waals surface area contributed by atoms with Crippen molar-refractivity contribution < 1.29 is 22.4 Å². The molecular formula is C22H17ClF3N3O2. The van der Waals surface area contributed by atoms with Crippen LogP contribution in [0.25, 0.3) is 5.57 Å². The number of aliphatic imine (C=N–C) groups is 1. The fourth-order valence-electron chi connectivity index (χ4n) is 3.37. The lowest BCUT2D eigenvalue weighted by Gasteiger charge is -2.25. The molecule has 2 unspecified atom stereocenters. The van der Waals surface area contributed by atoms with Crippen molar-refractivity contribution >= 4 is 28.8 Å². The Morgan fingerprint density at radius 3 is 2.71 bits per heavy atom. The van der Waals surface area contributed by atoms with Gasteiger partial charge in [0.15, 0.2) is 0 Å². The van der Waals surface area contributed by atoms with E-state index in [-0.39, 0.29) is 17.8 Å². The van der Waals surface area contributed by atoms with Crippen LogP contribution < -0.4 is 5.32 Å². The van der Waals surface area contributed by atoms with Crippen molar-refractivity contribution in [2.45, 2.75) is 24.0 Å². The lowest BCUT2D eigenvalue weighted by atomic mass is 9.97. The molecule has 0 saturated carbocycles. The third-order valence-electron chi connectivity index (χ3n) is 4.91. The minimum Gasteiger partial charge on any atom is -0.472 e. The van der Waals surface area contributed by atoms with Gasteiger partial charge >= 0.3 is 6.18 Å². The van der Waals surface area contributed by atoms with Crippen LogP contribution in [0.2, 0.25) is 0 Å². The van der Waals surface area contributed by atoms with Crippen molar-refractivity contribution in [2.75, 3.05) is 6.54 Å². The highest BCUT2D eigenvalue weighted by Gasteiger charge is 2.41. The molecule has 2 bridgehead atoms. The highest BCUT2D eigenvalue weighted by atomic mass is 35.5. The molecule has 1 aliphatic carbocycles. The van der Waals surface area contributed by atoms with Gasteiger partial charge in [-0.05, 0) is 47.6 Å². The van der Waals surface area contributed by atoms with E-state index in [1.165, 1.54) is 24.7 Å². The molecule has 5 nitrogen and oxygen atoms in total. The number of carbonyl (C=O) groups is 1. The van der Waals surface area contributed by atoms with Crippen LogP contribution >= 0.6 is 11.6 Å². The standard InChI is InChI=1S/C22H17ClF3N3O2/c23-19-15-9-14(13-5-8-31-12-13)10-17(22(24,25)26)18(11-15)29-20(19)21(30)28-7-4-16-3-1-2-6-27-16/h1-3,5-6,8-12,19-20H,4,7H2,(H,28,30). The number of allylic oxidation sites excluding steroid dienone is 5. The maximum absolute atomic E-state index is 13.8. The number of aromatic nitrogens is 1. The fourth-order valence-corrected chi connectivity index (χ4v) is 3.67. The van der Waals surface area contributed by atoms with Crippen LogP contribution in [0, 0.1) is 0 Å². The molecule has 0 radical (unpaired) electrons. The number of dihydropyridines is 1.